The molecule has 1 atom stereocenters. The lowest BCUT2D eigenvalue weighted by molar-refractivity contribution is 0.100. The number of benzene rings is 2. The van der Waals surface area contributed by atoms with Crippen molar-refractivity contribution in [2.75, 3.05) is 13.1 Å². The van der Waals surface area contributed by atoms with E-state index in [1.807, 2.05) is 24.3 Å². The Morgan fingerprint density at radius 1 is 1.15 bits per heavy atom. The van der Waals surface area contributed by atoms with Crippen molar-refractivity contribution in [3.8, 4) is 0 Å². The number of likely N-dealkylation sites (N-methyl/N-ethyl adjacent to an activating group) is 1. The fraction of sp³-hybridized carbons (Fsp3) is 0.300. The van der Waals surface area contributed by atoms with Crippen LogP contribution in [-0.4, -0.2) is 34.4 Å². The molecule has 2 aromatic carbocycles. The molecular weight excluding hydrogens is 461 g/mol. The second kappa shape index (κ2) is 8.06. The lowest BCUT2D eigenvalue weighted by atomic mass is 9.97. The SMILES string of the molecule is CCN(CC)C(Cl)Cc1c2cccc(I)c2nc2c(C(N)=O)cccc12. The zero-order valence-corrected chi connectivity index (χ0v) is 17.7. The van der Waals surface area contributed by atoms with Crippen LogP contribution < -0.4 is 5.73 Å². The standard InChI is InChI=1S/C20H21ClIN3O/c1-3-25(4-2)17(21)11-15-12-7-5-9-14(20(23)26)18(12)24-19-13(15)8-6-10-16(19)22/h5-10,17H,3-4,11H2,1-2H3,(H2,23,26). The van der Waals surface area contributed by atoms with Crippen molar-refractivity contribution in [3.05, 3.63) is 51.1 Å². The Morgan fingerprint density at radius 2 is 1.77 bits per heavy atom. The molecule has 1 heterocycles. The minimum atomic E-state index is -0.467. The van der Waals surface area contributed by atoms with Gasteiger partial charge in [0.1, 0.15) is 0 Å². The molecule has 2 N–H and O–H groups in total. The Balaban J connectivity index is 2.31. The van der Waals surface area contributed by atoms with Gasteiger partial charge in [0, 0.05) is 20.8 Å². The molecule has 6 heteroatoms. The van der Waals surface area contributed by atoms with Crippen LogP contribution in [0.3, 0.4) is 0 Å². The molecule has 1 amide bonds. The predicted molar refractivity (Wildman–Crippen MR) is 117 cm³/mol. The molecule has 3 rings (SSSR count). The Labute approximate surface area is 171 Å². The highest BCUT2D eigenvalue weighted by Crippen LogP contribution is 2.32. The molecule has 0 aliphatic heterocycles. The summed E-state index contributed by atoms with van der Waals surface area (Å²) >= 11 is 9.01. The number of rotatable bonds is 6. The van der Waals surface area contributed by atoms with E-state index < -0.39 is 5.91 Å². The molecule has 0 saturated carbocycles. The van der Waals surface area contributed by atoms with Crippen LogP contribution in [0, 0.1) is 3.57 Å². The third kappa shape index (κ3) is 3.52. The average molecular weight is 482 g/mol. The fourth-order valence-electron chi connectivity index (χ4n) is 3.37. The van der Waals surface area contributed by atoms with E-state index in [1.54, 1.807) is 6.07 Å². The highest BCUT2D eigenvalue weighted by molar-refractivity contribution is 14.1. The second-order valence-electron chi connectivity index (χ2n) is 6.15. The molecule has 0 aliphatic carbocycles. The summed E-state index contributed by atoms with van der Waals surface area (Å²) < 4.78 is 1.04. The first-order valence-electron chi connectivity index (χ1n) is 8.65. The van der Waals surface area contributed by atoms with Crippen LogP contribution in [0.5, 0.6) is 0 Å². The number of carbonyl (C=O) groups is 1. The van der Waals surface area contributed by atoms with E-state index in [0.717, 1.165) is 38.5 Å². The number of primary amides is 1. The van der Waals surface area contributed by atoms with Crippen LogP contribution in [-0.2, 0) is 6.42 Å². The number of carbonyl (C=O) groups excluding carboxylic acids is 1. The van der Waals surface area contributed by atoms with Gasteiger partial charge in [0.05, 0.1) is 22.1 Å². The number of nitrogens with zero attached hydrogens (tertiary/aromatic N) is 2. The zero-order chi connectivity index (χ0) is 18.8. The van der Waals surface area contributed by atoms with Gasteiger partial charge in [-0.3, -0.25) is 9.69 Å². The number of para-hydroxylation sites is 2. The molecule has 0 aliphatic rings. The molecule has 136 valence electrons. The number of aromatic nitrogens is 1. The number of hydrogen-bond donors (Lipinski definition) is 1. The average Bonchev–Trinajstić information content (AvgIpc) is 2.62. The second-order valence-corrected chi connectivity index (χ2v) is 7.82. The van der Waals surface area contributed by atoms with Gasteiger partial charge >= 0.3 is 0 Å². The number of halogens is 2. The number of amides is 1. The van der Waals surface area contributed by atoms with Crippen LogP contribution in [0.4, 0.5) is 0 Å². The topological polar surface area (TPSA) is 59.2 Å². The van der Waals surface area contributed by atoms with Gasteiger partial charge in [-0.25, -0.2) is 4.98 Å². The molecule has 0 spiro atoms. The maximum Gasteiger partial charge on any atom is 0.250 e. The molecule has 0 bridgehead atoms. The molecule has 1 unspecified atom stereocenters. The number of nitrogens with two attached hydrogens (primary N) is 1. The number of alkyl halides is 1. The highest BCUT2D eigenvalue weighted by Gasteiger charge is 2.20. The van der Waals surface area contributed by atoms with Crippen molar-refractivity contribution in [3.63, 3.8) is 0 Å². The summed E-state index contributed by atoms with van der Waals surface area (Å²) in [7, 11) is 0. The lowest BCUT2D eigenvalue weighted by Crippen LogP contribution is -2.32. The van der Waals surface area contributed by atoms with Crippen molar-refractivity contribution in [2.24, 2.45) is 5.73 Å². The van der Waals surface area contributed by atoms with Gasteiger partial charge in [-0.1, -0.05) is 38.1 Å². The zero-order valence-electron chi connectivity index (χ0n) is 14.8. The number of hydrogen-bond acceptors (Lipinski definition) is 3. The van der Waals surface area contributed by atoms with Crippen LogP contribution >= 0.6 is 34.2 Å². The van der Waals surface area contributed by atoms with Crippen molar-refractivity contribution in [1.82, 2.24) is 9.88 Å². The monoisotopic (exact) mass is 481 g/mol. The van der Waals surface area contributed by atoms with Gasteiger partial charge in [-0.05, 0) is 53.4 Å². The van der Waals surface area contributed by atoms with E-state index in [4.69, 9.17) is 22.3 Å². The van der Waals surface area contributed by atoms with Crippen molar-refractivity contribution >= 4 is 61.9 Å². The quantitative estimate of drug-likeness (QED) is 0.243. The first kappa shape index (κ1) is 19.3. The predicted octanol–water partition coefficient (Wildman–Crippen LogP) is 4.54. The van der Waals surface area contributed by atoms with Crippen LogP contribution in [0.15, 0.2) is 36.4 Å². The molecular formula is C20H21ClIN3O. The van der Waals surface area contributed by atoms with Gasteiger partial charge in [0.15, 0.2) is 0 Å². The summed E-state index contributed by atoms with van der Waals surface area (Å²) in [5, 5.41) is 2.01. The Morgan fingerprint density at radius 3 is 2.38 bits per heavy atom. The summed E-state index contributed by atoms with van der Waals surface area (Å²) in [4.78, 5) is 18.9. The Bertz CT molecular complexity index is 972. The minimum absolute atomic E-state index is 0.131. The molecule has 4 nitrogen and oxygen atoms in total. The van der Waals surface area contributed by atoms with E-state index in [-0.39, 0.29) is 5.50 Å². The minimum Gasteiger partial charge on any atom is -0.366 e. The van der Waals surface area contributed by atoms with Crippen molar-refractivity contribution < 1.29 is 4.79 Å². The largest absolute Gasteiger partial charge is 0.366 e. The maximum absolute atomic E-state index is 11.9. The molecule has 0 radical (unpaired) electrons. The van der Waals surface area contributed by atoms with E-state index in [2.05, 4.69) is 47.4 Å². The first-order valence-corrected chi connectivity index (χ1v) is 10.2. The Hall–Kier alpha value is -1.44. The highest BCUT2D eigenvalue weighted by atomic mass is 127. The van der Waals surface area contributed by atoms with Gasteiger partial charge in [-0.2, -0.15) is 0 Å². The summed E-state index contributed by atoms with van der Waals surface area (Å²) in [5.74, 6) is -0.467. The van der Waals surface area contributed by atoms with Crippen molar-refractivity contribution in [2.45, 2.75) is 25.8 Å². The smallest absolute Gasteiger partial charge is 0.250 e. The number of fused-ring (bicyclic) bond motifs is 2. The van der Waals surface area contributed by atoms with E-state index in [0.29, 0.717) is 17.5 Å². The molecule has 1 aromatic heterocycles. The fourth-order valence-corrected chi connectivity index (χ4v) is 4.42. The van der Waals surface area contributed by atoms with E-state index >= 15 is 0 Å². The first-order chi connectivity index (χ1) is 12.5. The normalized spacial score (nSPS) is 12.8. The lowest BCUT2D eigenvalue weighted by Gasteiger charge is -2.25. The maximum atomic E-state index is 11.9. The summed E-state index contributed by atoms with van der Waals surface area (Å²) in [6.07, 6.45) is 0.668. The van der Waals surface area contributed by atoms with Crippen LogP contribution in [0.2, 0.25) is 0 Å². The van der Waals surface area contributed by atoms with Gasteiger partial charge in [-0.15, -0.1) is 11.6 Å². The summed E-state index contributed by atoms with van der Waals surface area (Å²) in [6, 6.07) is 11.7. The van der Waals surface area contributed by atoms with Crippen molar-refractivity contribution in [1.29, 1.82) is 0 Å². The summed E-state index contributed by atoms with van der Waals surface area (Å²) in [5.41, 5.74) is 8.54. The third-order valence-electron chi connectivity index (χ3n) is 4.74. The van der Waals surface area contributed by atoms with Gasteiger partial charge in [0.25, 0.3) is 5.91 Å². The number of pyridine rings is 1. The molecule has 3 aromatic rings. The van der Waals surface area contributed by atoms with E-state index in [9.17, 15) is 4.79 Å². The van der Waals surface area contributed by atoms with Crippen LogP contribution in [0.1, 0.15) is 29.8 Å². The molecule has 0 fully saturated rings. The van der Waals surface area contributed by atoms with Crippen LogP contribution in [0.25, 0.3) is 21.8 Å². The molecule has 26 heavy (non-hydrogen) atoms. The molecule has 0 saturated heterocycles. The third-order valence-corrected chi connectivity index (χ3v) is 6.04. The van der Waals surface area contributed by atoms with Gasteiger partial charge in [0.2, 0.25) is 0 Å². The summed E-state index contributed by atoms with van der Waals surface area (Å²) in [6.45, 7) is 5.98. The Kier molecular flexibility index (Phi) is 5.99. The van der Waals surface area contributed by atoms with Gasteiger partial charge < -0.3 is 5.73 Å². The van der Waals surface area contributed by atoms with E-state index in [1.165, 1.54) is 0 Å².